The Kier molecular flexibility index (Phi) is 5.73. The van der Waals surface area contributed by atoms with Gasteiger partial charge >= 0.3 is 0 Å². The number of ether oxygens (including phenoxy) is 1. The van der Waals surface area contributed by atoms with Crippen molar-refractivity contribution < 1.29 is 9.53 Å². The van der Waals surface area contributed by atoms with E-state index in [1.165, 1.54) is 0 Å². The Bertz CT molecular complexity index is 215. The number of hydrogen-bond acceptors (Lipinski definition) is 4. The number of carbonyl (C=O) groups excluding carboxylic acids is 1. The first-order chi connectivity index (χ1) is 7.61. The summed E-state index contributed by atoms with van der Waals surface area (Å²) in [5.41, 5.74) is 0. The summed E-state index contributed by atoms with van der Waals surface area (Å²) in [6.45, 7) is 6.47. The number of nitrogens with zero attached hydrogens (tertiary/aromatic N) is 2. The molecule has 1 atom stereocenters. The molecule has 0 aromatic heterocycles. The zero-order valence-electron chi connectivity index (χ0n) is 10.5. The van der Waals surface area contributed by atoms with E-state index in [0.29, 0.717) is 13.2 Å². The Hall–Kier alpha value is -0.650. The molecule has 0 radical (unpaired) electrons. The smallest absolute Gasteiger partial charge is 0.239 e. The largest absolute Gasteiger partial charge is 0.378 e. The van der Waals surface area contributed by atoms with Gasteiger partial charge in [0, 0.05) is 26.2 Å². The van der Waals surface area contributed by atoms with Gasteiger partial charge in [-0.3, -0.25) is 4.79 Å². The highest BCUT2D eigenvalue weighted by Gasteiger charge is 2.21. The molecule has 0 bridgehead atoms. The molecule has 1 aliphatic rings. The number of carbonyl (C=O) groups is 1. The summed E-state index contributed by atoms with van der Waals surface area (Å²) < 4.78 is 5.22. The average molecular weight is 229 g/mol. The SMILES string of the molecule is CC(NCCN(C)C)C(=O)N1CCOCC1. The topological polar surface area (TPSA) is 44.8 Å². The second-order valence-corrected chi connectivity index (χ2v) is 4.42. The first kappa shape index (κ1) is 13.4. The van der Waals surface area contributed by atoms with Crippen LogP contribution in [0, 0.1) is 0 Å². The van der Waals surface area contributed by atoms with E-state index in [1.54, 1.807) is 0 Å². The van der Waals surface area contributed by atoms with Crippen LogP contribution in [0.3, 0.4) is 0 Å². The molecule has 1 rings (SSSR count). The summed E-state index contributed by atoms with van der Waals surface area (Å²) in [5.74, 6) is 0.182. The van der Waals surface area contributed by atoms with E-state index in [0.717, 1.165) is 26.2 Å². The van der Waals surface area contributed by atoms with Gasteiger partial charge in [-0.25, -0.2) is 0 Å². The van der Waals surface area contributed by atoms with Gasteiger partial charge in [-0.15, -0.1) is 0 Å². The zero-order chi connectivity index (χ0) is 12.0. The number of amides is 1. The predicted octanol–water partition coefficient (Wildman–Crippen LogP) is -0.615. The van der Waals surface area contributed by atoms with Crippen LogP contribution in [-0.2, 0) is 9.53 Å². The summed E-state index contributed by atoms with van der Waals surface area (Å²) in [6.07, 6.45) is 0. The van der Waals surface area contributed by atoms with Gasteiger partial charge in [0.25, 0.3) is 0 Å². The van der Waals surface area contributed by atoms with Gasteiger partial charge in [-0.05, 0) is 21.0 Å². The molecule has 0 aromatic carbocycles. The first-order valence-electron chi connectivity index (χ1n) is 5.86. The normalized spacial score (nSPS) is 18.9. The molecule has 1 fully saturated rings. The van der Waals surface area contributed by atoms with Crippen molar-refractivity contribution in [2.24, 2.45) is 0 Å². The minimum atomic E-state index is -0.0990. The van der Waals surface area contributed by atoms with Crippen molar-refractivity contribution in [1.29, 1.82) is 0 Å². The molecule has 1 heterocycles. The van der Waals surface area contributed by atoms with Crippen molar-refractivity contribution in [2.45, 2.75) is 13.0 Å². The van der Waals surface area contributed by atoms with Crippen LogP contribution in [0.15, 0.2) is 0 Å². The van der Waals surface area contributed by atoms with Crippen LogP contribution in [0.25, 0.3) is 0 Å². The minimum absolute atomic E-state index is 0.0990. The van der Waals surface area contributed by atoms with Crippen LogP contribution >= 0.6 is 0 Å². The van der Waals surface area contributed by atoms with Crippen LogP contribution in [0.4, 0.5) is 0 Å². The lowest BCUT2D eigenvalue weighted by Gasteiger charge is -2.29. The monoisotopic (exact) mass is 229 g/mol. The standard InChI is InChI=1S/C11H23N3O2/c1-10(12-4-5-13(2)3)11(15)14-6-8-16-9-7-14/h10,12H,4-9H2,1-3H3. The van der Waals surface area contributed by atoms with E-state index in [-0.39, 0.29) is 11.9 Å². The van der Waals surface area contributed by atoms with E-state index >= 15 is 0 Å². The molecular weight excluding hydrogens is 206 g/mol. The Morgan fingerprint density at radius 1 is 1.44 bits per heavy atom. The summed E-state index contributed by atoms with van der Waals surface area (Å²) in [6, 6.07) is -0.0990. The molecular formula is C11H23N3O2. The van der Waals surface area contributed by atoms with E-state index < -0.39 is 0 Å². The van der Waals surface area contributed by atoms with E-state index in [1.807, 2.05) is 25.9 Å². The molecule has 94 valence electrons. The fraction of sp³-hybridized carbons (Fsp3) is 0.909. The fourth-order valence-corrected chi connectivity index (χ4v) is 1.65. The van der Waals surface area contributed by atoms with Crippen LogP contribution in [0.1, 0.15) is 6.92 Å². The third-order valence-corrected chi connectivity index (χ3v) is 2.70. The second-order valence-electron chi connectivity index (χ2n) is 4.42. The number of hydrogen-bond donors (Lipinski definition) is 1. The van der Waals surface area contributed by atoms with E-state index in [9.17, 15) is 4.79 Å². The number of likely N-dealkylation sites (N-methyl/N-ethyl adjacent to an activating group) is 1. The Labute approximate surface area is 97.7 Å². The number of rotatable bonds is 5. The molecule has 1 N–H and O–H groups in total. The lowest BCUT2D eigenvalue weighted by Crippen LogP contribution is -2.50. The van der Waals surface area contributed by atoms with Crippen molar-refractivity contribution in [1.82, 2.24) is 15.1 Å². The van der Waals surface area contributed by atoms with Crippen LogP contribution < -0.4 is 5.32 Å². The molecule has 1 amide bonds. The molecule has 16 heavy (non-hydrogen) atoms. The molecule has 0 aromatic rings. The summed E-state index contributed by atoms with van der Waals surface area (Å²) >= 11 is 0. The van der Waals surface area contributed by atoms with Gasteiger partial charge in [-0.1, -0.05) is 0 Å². The van der Waals surface area contributed by atoms with Crippen molar-refractivity contribution in [3.05, 3.63) is 0 Å². The average Bonchev–Trinajstić information content (AvgIpc) is 2.28. The highest BCUT2D eigenvalue weighted by Crippen LogP contribution is 2.00. The Morgan fingerprint density at radius 3 is 2.62 bits per heavy atom. The molecule has 1 saturated heterocycles. The van der Waals surface area contributed by atoms with Gasteiger partial charge in [0.1, 0.15) is 0 Å². The van der Waals surface area contributed by atoms with Crippen LogP contribution in [0.5, 0.6) is 0 Å². The molecule has 0 saturated carbocycles. The van der Waals surface area contributed by atoms with Crippen LogP contribution in [-0.4, -0.2) is 75.2 Å². The summed E-state index contributed by atoms with van der Waals surface area (Å²) in [7, 11) is 4.05. The maximum atomic E-state index is 12.0. The maximum Gasteiger partial charge on any atom is 0.239 e. The van der Waals surface area contributed by atoms with Gasteiger partial charge in [0.05, 0.1) is 19.3 Å². The second kappa shape index (κ2) is 6.83. The minimum Gasteiger partial charge on any atom is -0.378 e. The summed E-state index contributed by atoms with van der Waals surface area (Å²) in [5, 5.41) is 3.24. The van der Waals surface area contributed by atoms with Gasteiger partial charge in [-0.2, -0.15) is 0 Å². The third-order valence-electron chi connectivity index (χ3n) is 2.70. The molecule has 5 nitrogen and oxygen atoms in total. The van der Waals surface area contributed by atoms with Gasteiger partial charge in [0.2, 0.25) is 5.91 Å². The number of nitrogens with one attached hydrogen (secondary N) is 1. The quantitative estimate of drug-likeness (QED) is 0.683. The molecule has 1 unspecified atom stereocenters. The Balaban J connectivity index is 2.23. The summed E-state index contributed by atoms with van der Waals surface area (Å²) in [4.78, 5) is 15.9. The van der Waals surface area contributed by atoms with Crippen molar-refractivity contribution in [2.75, 3.05) is 53.5 Å². The van der Waals surface area contributed by atoms with Crippen molar-refractivity contribution in [3.63, 3.8) is 0 Å². The van der Waals surface area contributed by atoms with E-state index in [4.69, 9.17) is 4.74 Å². The highest BCUT2D eigenvalue weighted by molar-refractivity contribution is 5.81. The van der Waals surface area contributed by atoms with Crippen LogP contribution in [0.2, 0.25) is 0 Å². The van der Waals surface area contributed by atoms with Gasteiger partial charge < -0.3 is 19.9 Å². The molecule has 5 heteroatoms. The number of morpholine rings is 1. The lowest BCUT2D eigenvalue weighted by atomic mass is 10.2. The maximum absolute atomic E-state index is 12.0. The third kappa shape index (κ3) is 4.47. The lowest BCUT2D eigenvalue weighted by molar-refractivity contribution is -0.137. The van der Waals surface area contributed by atoms with Crippen molar-refractivity contribution in [3.8, 4) is 0 Å². The van der Waals surface area contributed by atoms with Crippen molar-refractivity contribution >= 4 is 5.91 Å². The first-order valence-corrected chi connectivity index (χ1v) is 5.86. The highest BCUT2D eigenvalue weighted by atomic mass is 16.5. The Morgan fingerprint density at radius 2 is 2.06 bits per heavy atom. The fourth-order valence-electron chi connectivity index (χ4n) is 1.65. The van der Waals surface area contributed by atoms with E-state index in [2.05, 4.69) is 10.2 Å². The predicted molar refractivity (Wildman–Crippen MR) is 63.4 cm³/mol. The molecule has 1 aliphatic heterocycles. The zero-order valence-corrected chi connectivity index (χ0v) is 10.5. The van der Waals surface area contributed by atoms with Gasteiger partial charge in [0.15, 0.2) is 0 Å². The molecule has 0 aliphatic carbocycles. The molecule has 0 spiro atoms.